The summed E-state index contributed by atoms with van der Waals surface area (Å²) in [4.78, 5) is 14.6. The van der Waals surface area contributed by atoms with Gasteiger partial charge >= 0.3 is 5.97 Å². The van der Waals surface area contributed by atoms with Crippen LogP contribution in [0.3, 0.4) is 0 Å². The SMILES string of the molecule is CC.Cc1cccn2cc(C(=O)O)nc12. The normalized spacial score (nSPS) is 9.53. The molecule has 0 saturated heterocycles. The van der Waals surface area contributed by atoms with Gasteiger partial charge in [0.1, 0.15) is 5.65 Å². The lowest BCUT2D eigenvalue weighted by atomic mass is 10.3. The highest BCUT2D eigenvalue weighted by molar-refractivity contribution is 5.86. The van der Waals surface area contributed by atoms with Crippen LogP contribution in [-0.4, -0.2) is 20.5 Å². The van der Waals surface area contributed by atoms with E-state index >= 15 is 0 Å². The van der Waals surface area contributed by atoms with Gasteiger partial charge in [0.05, 0.1) is 0 Å². The summed E-state index contributed by atoms with van der Waals surface area (Å²) in [6.45, 7) is 5.90. The average Bonchev–Trinajstić information content (AvgIpc) is 2.66. The van der Waals surface area contributed by atoms with Crippen LogP contribution < -0.4 is 0 Å². The highest BCUT2D eigenvalue weighted by Gasteiger charge is 2.08. The highest BCUT2D eigenvalue weighted by Crippen LogP contribution is 2.09. The summed E-state index contributed by atoms with van der Waals surface area (Å²) >= 11 is 0. The maximum absolute atomic E-state index is 10.6. The Hall–Kier alpha value is -1.84. The Morgan fingerprint density at radius 3 is 2.67 bits per heavy atom. The summed E-state index contributed by atoms with van der Waals surface area (Å²) in [5, 5.41) is 8.70. The van der Waals surface area contributed by atoms with E-state index in [1.165, 1.54) is 6.20 Å². The molecule has 0 radical (unpaired) electrons. The van der Waals surface area contributed by atoms with Crippen molar-refractivity contribution in [3.8, 4) is 0 Å². The summed E-state index contributed by atoms with van der Waals surface area (Å²) < 4.78 is 1.71. The zero-order valence-corrected chi connectivity index (χ0v) is 9.06. The topological polar surface area (TPSA) is 54.6 Å². The van der Waals surface area contributed by atoms with Crippen LogP contribution >= 0.6 is 0 Å². The smallest absolute Gasteiger partial charge is 0.356 e. The highest BCUT2D eigenvalue weighted by atomic mass is 16.4. The molecule has 0 aliphatic heterocycles. The number of fused-ring (bicyclic) bond motifs is 1. The molecule has 4 heteroatoms. The van der Waals surface area contributed by atoms with Gasteiger partial charge in [0, 0.05) is 12.4 Å². The van der Waals surface area contributed by atoms with E-state index in [9.17, 15) is 4.79 Å². The minimum atomic E-state index is -0.997. The zero-order valence-electron chi connectivity index (χ0n) is 9.06. The molecule has 2 aromatic heterocycles. The predicted octanol–water partition coefficient (Wildman–Crippen LogP) is 2.37. The second-order valence-electron chi connectivity index (χ2n) is 2.85. The first-order chi connectivity index (χ1) is 7.18. The van der Waals surface area contributed by atoms with Crippen molar-refractivity contribution in [3.63, 3.8) is 0 Å². The van der Waals surface area contributed by atoms with E-state index in [2.05, 4.69) is 4.98 Å². The molecule has 0 aliphatic carbocycles. The largest absolute Gasteiger partial charge is 0.476 e. The first-order valence-electron chi connectivity index (χ1n) is 4.86. The fourth-order valence-corrected chi connectivity index (χ4v) is 1.26. The van der Waals surface area contributed by atoms with E-state index < -0.39 is 5.97 Å². The molecule has 0 amide bonds. The first kappa shape index (κ1) is 11.2. The van der Waals surface area contributed by atoms with Crippen molar-refractivity contribution in [2.75, 3.05) is 0 Å². The molecule has 1 N–H and O–H groups in total. The number of carboxylic acid groups (broad SMARTS) is 1. The zero-order chi connectivity index (χ0) is 11.4. The Bertz CT molecular complexity index is 474. The van der Waals surface area contributed by atoms with Crippen molar-refractivity contribution in [2.24, 2.45) is 0 Å². The molecule has 2 rings (SSSR count). The molecule has 2 aromatic rings. The summed E-state index contributed by atoms with van der Waals surface area (Å²) in [5.41, 5.74) is 1.74. The Morgan fingerprint density at radius 1 is 1.47 bits per heavy atom. The molecule has 2 heterocycles. The van der Waals surface area contributed by atoms with Gasteiger partial charge in [-0.05, 0) is 18.6 Å². The van der Waals surface area contributed by atoms with Crippen LogP contribution in [0, 0.1) is 6.92 Å². The van der Waals surface area contributed by atoms with Gasteiger partial charge in [-0.15, -0.1) is 0 Å². The number of hydrogen-bond acceptors (Lipinski definition) is 2. The van der Waals surface area contributed by atoms with Crippen LogP contribution in [0.5, 0.6) is 0 Å². The standard InChI is InChI=1S/C9H8N2O2.C2H6/c1-6-3-2-4-11-5-7(9(12)13)10-8(6)11;1-2/h2-5H,1H3,(H,12,13);1-2H3. The molecule has 0 aromatic carbocycles. The fourth-order valence-electron chi connectivity index (χ4n) is 1.26. The molecular weight excluding hydrogens is 192 g/mol. The van der Waals surface area contributed by atoms with Gasteiger partial charge in [-0.2, -0.15) is 0 Å². The van der Waals surface area contributed by atoms with E-state index in [1.54, 1.807) is 10.6 Å². The number of carbonyl (C=O) groups is 1. The van der Waals surface area contributed by atoms with Gasteiger partial charge in [0.2, 0.25) is 0 Å². The van der Waals surface area contributed by atoms with Gasteiger partial charge in [-0.25, -0.2) is 9.78 Å². The number of carboxylic acids is 1. The molecule has 0 spiro atoms. The van der Waals surface area contributed by atoms with Gasteiger partial charge in [-0.1, -0.05) is 19.9 Å². The molecular formula is C11H14N2O2. The third kappa shape index (κ3) is 2.15. The monoisotopic (exact) mass is 206 g/mol. The molecule has 80 valence electrons. The summed E-state index contributed by atoms with van der Waals surface area (Å²) in [7, 11) is 0. The maximum Gasteiger partial charge on any atom is 0.356 e. The average molecular weight is 206 g/mol. The molecule has 0 saturated carbocycles. The van der Waals surface area contributed by atoms with Crippen LogP contribution in [0.15, 0.2) is 24.5 Å². The number of imidazole rings is 1. The van der Waals surface area contributed by atoms with Crippen molar-refractivity contribution in [2.45, 2.75) is 20.8 Å². The van der Waals surface area contributed by atoms with E-state index in [1.807, 2.05) is 32.9 Å². The Morgan fingerprint density at radius 2 is 2.13 bits per heavy atom. The lowest BCUT2D eigenvalue weighted by Crippen LogP contribution is -1.95. The van der Waals surface area contributed by atoms with Crippen LogP contribution in [-0.2, 0) is 0 Å². The van der Waals surface area contributed by atoms with Crippen LogP contribution in [0.1, 0.15) is 29.9 Å². The van der Waals surface area contributed by atoms with Gasteiger partial charge < -0.3 is 9.51 Å². The molecule has 15 heavy (non-hydrogen) atoms. The van der Waals surface area contributed by atoms with Crippen LogP contribution in [0.2, 0.25) is 0 Å². The number of hydrogen-bond donors (Lipinski definition) is 1. The van der Waals surface area contributed by atoms with E-state index in [-0.39, 0.29) is 5.69 Å². The van der Waals surface area contributed by atoms with Crippen LogP contribution in [0.25, 0.3) is 5.65 Å². The Balaban J connectivity index is 0.000000531. The maximum atomic E-state index is 10.6. The molecule has 0 bridgehead atoms. The number of aryl methyl sites for hydroxylation is 1. The van der Waals surface area contributed by atoms with E-state index in [0.29, 0.717) is 5.65 Å². The second-order valence-corrected chi connectivity index (χ2v) is 2.85. The third-order valence-corrected chi connectivity index (χ3v) is 1.90. The first-order valence-corrected chi connectivity index (χ1v) is 4.86. The number of aromatic nitrogens is 2. The minimum absolute atomic E-state index is 0.0781. The van der Waals surface area contributed by atoms with Crippen molar-refractivity contribution in [3.05, 3.63) is 35.8 Å². The van der Waals surface area contributed by atoms with Crippen molar-refractivity contribution >= 4 is 11.6 Å². The van der Waals surface area contributed by atoms with Gasteiger partial charge in [0.15, 0.2) is 5.69 Å². The van der Waals surface area contributed by atoms with Crippen molar-refractivity contribution in [1.82, 2.24) is 9.38 Å². The second kappa shape index (κ2) is 4.59. The predicted molar refractivity (Wildman–Crippen MR) is 58.2 cm³/mol. The van der Waals surface area contributed by atoms with Gasteiger partial charge in [0.25, 0.3) is 0 Å². The molecule has 0 atom stereocenters. The lowest BCUT2D eigenvalue weighted by Gasteiger charge is -1.93. The number of aromatic carboxylic acids is 1. The van der Waals surface area contributed by atoms with Crippen LogP contribution in [0.4, 0.5) is 0 Å². The van der Waals surface area contributed by atoms with E-state index in [4.69, 9.17) is 5.11 Å². The molecule has 0 unspecified atom stereocenters. The third-order valence-electron chi connectivity index (χ3n) is 1.90. The van der Waals surface area contributed by atoms with E-state index in [0.717, 1.165) is 5.56 Å². The van der Waals surface area contributed by atoms with Crippen molar-refractivity contribution in [1.29, 1.82) is 0 Å². The summed E-state index contributed by atoms with van der Waals surface area (Å²) in [5.74, 6) is -0.997. The van der Waals surface area contributed by atoms with Crippen molar-refractivity contribution < 1.29 is 9.90 Å². The fraction of sp³-hybridized carbons (Fsp3) is 0.273. The Labute approximate surface area is 88.2 Å². The minimum Gasteiger partial charge on any atom is -0.476 e. The number of pyridine rings is 1. The molecule has 0 aliphatic rings. The molecule has 4 nitrogen and oxygen atoms in total. The lowest BCUT2D eigenvalue weighted by molar-refractivity contribution is 0.0691. The summed E-state index contributed by atoms with van der Waals surface area (Å²) in [6.07, 6.45) is 3.28. The summed E-state index contributed by atoms with van der Waals surface area (Å²) in [6, 6.07) is 3.75. The number of nitrogens with zero attached hydrogens (tertiary/aromatic N) is 2. The molecule has 0 fully saturated rings. The quantitative estimate of drug-likeness (QED) is 0.779. The van der Waals surface area contributed by atoms with Gasteiger partial charge in [-0.3, -0.25) is 0 Å². The number of rotatable bonds is 1. The Kier molecular flexibility index (Phi) is 3.44.